The molecule has 5 aromatic rings. The standard InChI is InChI=1S/C34H26F5N5O3/c1-19(20-7-5-4-6-8-20)42-22-16-27(35)30(28(36)17-22)32(45)43-29(33(46)47-3)18-23-10-12-25(31-41-13-14-44(23)31)24-11-9-21(40-2)15-26(24)34(37,38)39/h4-17,19,29,42H,18H2,1,3H3,(H,43,45)/t19-,29-/m0/s1. The van der Waals surface area contributed by atoms with Crippen molar-refractivity contribution in [3.63, 3.8) is 0 Å². The fraction of sp³-hybridized carbons (Fsp3) is 0.176. The summed E-state index contributed by atoms with van der Waals surface area (Å²) < 4.78 is 78.4. The van der Waals surface area contributed by atoms with Gasteiger partial charge in [0.1, 0.15) is 28.9 Å². The van der Waals surface area contributed by atoms with Crippen LogP contribution in [0.3, 0.4) is 0 Å². The first-order valence-corrected chi connectivity index (χ1v) is 14.1. The minimum atomic E-state index is -4.77. The van der Waals surface area contributed by atoms with Crippen LogP contribution in [0.4, 0.5) is 33.3 Å². The number of amides is 1. The fourth-order valence-electron chi connectivity index (χ4n) is 5.24. The van der Waals surface area contributed by atoms with E-state index in [0.717, 1.165) is 30.9 Å². The number of esters is 1. The normalized spacial score (nSPS) is 12.6. The van der Waals surface area contributed by atoms with Crippen LogP contribution in [0.25, 0.3) is 21.6 Å². The number of rotatable bonds is 9. The van der Waals surface area contributed by atoms with Crippen molar-refractivity contribution in [3.8, 4) is 11.1 Å². The number of aromatic nitrogens is 2. The van der Waals surface area contributed by atoms with Gasteiger partial charge in [-0.25, -0.2) is 23.4 Å². The number of nitrogens with one attached hydrogen (secondary N) is 2. The van der Waals surface area contributed by atoms with Gasteiger partial charge in [-0.15, -0.1) is 0 Å². The van der Waals surface area contributed by atoms with Gasteiger partial charge >= 0.3 is 12.1 Å². The Morgan fingerprint density at radius 1 is 1.00 bits per heavy atom. The summed E-state index contributed by atoms with van der Waals surface area (Å²) in [6.45, 7) is 8.89. The molecule has 0 fully saturated rings. The molecule has 2 aromatic heterocycles. The molecule has 0 aliphatic carbocycles. The van der Waals surface area contributed by atoms with Crippen molar-refractivity contribution in [3.05, 3.63) is 131 Å². The van der Waals surface area contributed by atoms with E-state index in [2.05, 4.69) is 20.5 Å². The van der Waals surface area contributed by atoms with Crippen molar-refractivity contribution in [1.29, 1.82) is 0 Å². The summed E-state index contributed by atoms with van der Waals surface area (Å²) in [5, 5.41) is 5.31. The van der Waals surface area contributed by atoms with E-state index in [1.54, 1.807) is 6.92 Å². The molecule has 8 nitrogen and oxygen atoms in total. The lowest BCUT2D eigenvalue weighted by atomic mass is 9.98. The molecule has 5 rings (SSSR count). The topological polar surface area (TPSA) is 89.1 Å². The number of anilines is 1. The average Bonchev–Trinajstić information content (AvgIpc) is 3.54. The third-order valence-electron chi connectivity index (χ3n) is 7.52. The van der Waals surface area contributed by atoms with E-state index >= 15 is 8.78 Å². The van der Waals surface area contributed by atoms with Crippen LogP contribution in [0.1, 0.15) is 40.1 Å². The highest BCUT2D eigenvalue weighted by Gasteiger charge is 2.35. The van der Waals surface area contributed by atoms with Crippen LogP contribution in [0.15, 0.2) is 85.2 Å². The third kappa shape index (κ3) is 6.91. The number of benzene rings is 3. The van der Waals surface area contributed by atoms with Gasteiger partial charge in [0.25, 0.3) is 5.91 Å². The summed E-state index contributed by atoms with van der Waals surface area (Å²) in [5.41, 5.74) is -0.859. The number of methoxy groups -OCH3 is 1. The van der Waals surface area contributed by atoms with Gasteiger partial charge in [0.15, 0.2) is 5.69 Å². The first kappa shape index (κ1) is 32.6. The second-order valence-electron chi connectivity index (χ2n) is 10.5. The van der Waals surface area contributed by atoms with Crippen molar-refractivity contribution in [2.45, 2.75) is 31.6 Å². The predicted molar refractivity (Wildman–Crippen MR) is 164 cm³/mol. The third-order valence-corrected chi connectivity index (χ3v) is 7.52. The van der Waals surface area contributed by atoms with E-state index in [-0.39, 0.29) is 40.6 Å². The number of carbonyl (C=O) groups excluding carboxylic acids is 2. The second-order valence-corrected chi connectivity index (χ2v) is 10.5. The summed E-state index contributed by atoms with van der Waals surface area (Å²) >= 11 is 0. The number of carbonyl (C=O) groups is 2. The Hall–Kier alpha value is -5.77. The van der Waals surface area contributed by atoms with Gasteiger partial charge in [-0.1, -0.05) is 42.5 Å². The average molecular weight is 648 g/mol. The Labute approximate surface area is 265 Å². The Morgan fingerprint density at radius 2 is 1.68 bits per heavy atom. The molecule has 0 aliphatic heterocycles. The largest absolute Gasteiger partial charge is 0.467 e. The Kier molecular flexibility index (Phi) is 9.23. The number of nitrogens with zero attached hydrogens (tertiary/aromatic N) is 3. The van der Waals surface area contributed by atoms with Gasteiger partial charge in [-0.3, -0.25) is 4.79 Å². The molecule has 0 radical (unpaired) electrons. The monoisotopic (exact) mass is 647 g/mol. The second kappa shape index (κ2) is 13.3. The molecule has 0 saturated carbocycles. The number of hydrogen-bond donors (Lipinski definition) is 2. The molecular weight excluding hydrogens is 621 g/mol. The maximum Gasteiger partial charge on any atom is 0.415 e. The lowest BCUT2D eigenvalue weighted by Crippen LogP contribution is -2.44. The Morgan fingerprint density at radius 3 is 2.32 bits per heavy atom. The summed E-state index contributed by atoms with van der Waals surface area (Å²) in [4.78, 5) is 33.2. The number of imidazole rings is 1. The quantitative estimate of drug-likeness (QED) is 0.0981. The Balaban J connectivity index is 1.42. The summed E-state index contributed by atoms with van der Waals surface area (Å²) in [5.74, 6) is -4.48. The molecule has 1 amide bonds. The zero-order valence-electron chi connectivity index (χ0n) is 24.9. The maximum absolute atomic E-state index is 15.1. The molecule has 240 valence electrons. The highest BCUT2D eigenvalue weighted by molar-refractivity contribution is 5.97. The molecule has 47 heavy (non-hydrogen) atoms. The van der Waals surface area contributed by atoms with Gasteiger partial charge in [-0.05, 0) is 48.4 Å². The first-order valence-electron chi connectivity index (χ1n) is 14.1. The molecule has 3 aromatic carbocycles. The summed E-state index contributed by atoms with van der Waals surface area (Å²) in [6, 6.07) is 15.4. The van der Waals surface area contributed by atoms with Crippen molar-refractivity contribution >= 4 is 28.9 Å². The van der Waals surface area contributed by atoms with E-state index in [1.807, 2.05) is 30.3 Å². The molecule has 0 saturated heterocycles. The molecule has 0 bridgehead atoms. The van der Waals surface area contributed by atoms with Crippen molar-refractivity contribution in [2.24, 2.45) is 0 Å². The SMILES string of the molecule is [C-]#[N+]c1ccc(-c2ccc(C[C@H](NC(=O)c3c(F)cc(N[C@@H](C)c4ccccc4)cc3F)C(=O)OC)n3ccnc23)c(C(F)(F)F)c1. The van der Waals surface area contributed by atoms with E-state index in [1.165, 1.54) is 41.1 Å². The highest BCUT2D eigenvalue weighted by atomic mass is 19.4. The van der Waals surface area contributed by atoms with E-state index < -0.39 is 46.9 Å². The smallest absolute Gasteiger partial charge is 0.415 e. The molecule has 0 spiro atoms. The molecule has 0 aliphatic rings. The van der Waals surface area contributed by atoms with E-state index in [9.17, 15) is 22.8 Å². The number of pyridine rings is 1. The van der Waals surface area contributed by atoms with Crippen LogP contribution in [0.5, 0.6) is 0 Å². The predicted octanol–water partition coefficient (Wildman–Crippen LogP) is 7.54. The van der Waals surface area contributed by atoms with Crippen molar-refractivity contribution in [2.75, 3.05) is 12.4 Å². The Bertz CT molecular complexity index is 1980. The lowest BCUT2D eigenvalue weighted by molar-refractivity contribution is -0.143. The first-order chi connectivity index (χ1) is 22.4. The zero-order valence-corrected chi connectivity index (χ0v) is 24.9. The summed E-state index contributed by atoms with van der Waals surface area (Å²) in [6.07, 6.45) is -2.25. The lowest BCUT2D eigenvalue weighted by Gasteiger charge is -2.20. The van der Waals surface area contributed by atoms with Crippen molar-refractivity contribution in [1.82, 2.24) is 14.7 Å². The van der Waals surface area contributed by atoms with Crippen LogP contribution in [-0.2, 0) is 22.1 Å². The van der Waals surface area contributed by atoms with Gasteiger partial charge in [0, 0.05) is 41.8 Å². The fourth-order valence-corrected chi connectivity index (χ4v) is 5.24. The minimum absolute atomic E-state index is 0.0948. The number of hydrogen-bond acceptors (Lipinski definition) is 5. The molecule has 2 heterocycles. The van der Waals surface area contributed by atoms with Crippen LogP contribution < -0.4 is 10.6 Å². The number of ether oxygens (including phenoxy) is 1. The molecule has 2 N–H and O–H groups in total. The van der Waals surface area contributed by atoms with Crippen LogP contribution >= 0.6 is 0 Å². The zero-order chi connectivity index (χ0) is 33.9. The number of alkyl halides is 3. The van der Waals surface area contributed by atoms with Crippen LogP contribution in [0, 0.1) is 18.2 Å². The summed E-state index contributed by atoms with van der Waals surface area (Å²) in [7, 11) is 1.07. The number of halogens is 5. The highest BCUT2D eigenvalue weighted by Crippen LogP contribution is 2.40. The van der Waals surface area contributed by atoms with E-state index in [0.29, 0.717) is 5.69 Å². The molecule has 2 atom stereocenters. The van der Waals surface area contributed by atoms with E-state index in [4.69, 9.17) is 11.3 Å². The van der Waals surface area contributed by atoms with Crippen LogP contribution in [0.2, 0.25) is 0 Å². The molecule has 13 heteroatoms. The van der Waals surface area contributed by atoms with Crippen LogP contribution in [-0.4, -0.2) is 34.4 Å². The van der Waals surface area contributed by atoms with Gasteiger partial charge in [0.2, 0.25) is 0 Å². The molecule has 0 unspecified atom stereocenters. The van der Waals surface area contributed by atoms with Gasteiger partial charge in [-0.2, -0.15) is 13.2 Å². The van der Waals surface area contributed by atoms with Crippen molar-refractivity contribution < 1.29 is 36.3 Å². The molecular formula is C34H26F5N5O3. The minimum Gasteiger partial charge on any atom is -0.467 e. The number of fused-ring (bicyclic) bond motifs is 1. The maximum atomic E-state index is 15.1. The van der Waals surface area contributed by atoms with Gasteiger partial charge < -0.3 is 19.8 Å². The van der Waals surface area contributed by atoms with Gasteiger partial charge in [0.05, 0.1) is 19.2 Å².